The molecule has 10 heteroatoms. The van der Waals surface area contributed by atoms with Gasteiger partial charge in [-0.1, -0.05) is 30.3 Å². The zero-order valence-electron chi connectivity index (χ0n) is 28.2. The van der Waals surface area contributed by atoms with Crippen LogP contribution in [0.25, 0.3) is 5.57 Å². The quantitative estimate of drug-likeness (QED) is 0.281. The van der Waals surface area contributed by atoms with Gasteiger partial charge in [0.25, 0.3) is 11.8 Å². The normalized spacial score (nSPS) is 13.3. The molecule has 47 heavy (non-hydrogen) atoms. The van der Waals surface area contributed by atoms with Crippen LogP contribution in [0.2, 0.25) is 0 Å². The molecule has 2 N–H and O–H groups in total. The first-order valence-corrected chi connectivity index (χ1v) is 15.6. The summed E-state index contributed by atoms with van der Waals surface area (Å²) in [4.78, 5) is 53.5. The van der Waals surface area contributed by atoms with E-state index in [1.807, 2.05) is 63.2 Å². The van der Waals surface area contributed by atoms with Crippen LogP contribution in [0.5, 0.6) is 0 Å². The van der Waals surface area contributed by atoms with Crippen LogP contribution in [0.3, 0.4) is 0 Å². The first-order chi connectivity index (χ1) is 22.1. The van der Waals surface area contributed by atoms with Gasteiger partial charge in [0.2, 0.25) is 0 Å². The van der Waals surface area contributed by atoms with Crippen molar-refractivity contribution in [2.45, 2.75) is 65.7 Å². The average Bonchev–Trinajstić information content (AvgIpc) is 3.02. The number of benzene rings is 3. The lowest BCUT2D eigenvalue weighted by molar-refractivity contribution is 0.0270. The molecule has 10 nitrogen and oxygen atoms in total. The van der Waals surface area contributed by atoms with Crippen molar-refractivity contribution >= 4 is 40.9 Å². The Hall–Kier alpha value is -5.12. The van der Waals surface area contributed by atoms with Gasteiger partial charge in [0.15, 0.2) is 0 Å². The van der Waals surface area contributed by atoms with E-state index in [9.17, 15) is 19.2 Å². The number of rotatable bonds is 7. The minimum atomic E-state index is -0.573. The molecule has 4 amide bonds. The summed E-state index contributed by atoms with van der Waals surface area (Å²) < 4.78 is 10.7. The second-order valence-electron chi connectivity index (χ2n) is 13.4. The topological polar surface area (TPSA) is 117 Å². The van der Waals surface area contributed by atoms with Crippen LogP contribution in [0.15, 0.2) is 78.9 Å². The van der Waals surface area contributed by atoms with Gasteiger partial charge in [0, 0.05) is 49.2 Å². The number of carbonyl (C=O) groups is 4. The van der Waals surface area contributed by atoms with Crippen molar-refractivity contribution in [3.05, 3.63) is 101 Å². The van der Waals surface area contributed by atoms with Gasteiger partial charge in [-0.05, 0) is 113 Å². The predicted molar refractivity (Wildman–Crippen MR) is 183 cm³/mol. The molecule has 0 saturated carbocycles. The monoisotopic (exact) mass is 640 g/mol. The van der Waals surface area contributed by atoms with Crippen molar-refractivity contribution in [1.82, 2.24) is 10.2 Å². The number of amides is 4. The Morgan fingerprint density at radius 1 is 0.787 bits per heavy atom. The molecule has 0 fully saturated rings. The van der Waals surface area contributed by atoms with Crippen LogP contribution in [0.4, 0.5) is 21.0 Å². The Morgan fingerprint density at radius 3 is 1.94 bits per heavy atom. The van der Waals surface area contributed by atoms with E-state index >= 15 is 0 Å². The molecule has 0 saturated heterocycles. The highest BCUT2D eigenvalue weighted by molar-refractivity contribution is 6.08. The molecule has 0 bridgehead atoms. The van der Waals surface area contributed by atoms with E-state index in [1.165, 1.54) is 4.90 Å². The van der Waals surface area contributed by atoms with E-state index in [4.69, 9.17) is 9.47 Å². The van der Waals surface area contributed by atoms with Crippen molar-refractivity contribution in [1.29, 1.82) is 0 Å². The van der Waals surface area contributed by atoms with Gasteiger partial charge >= 0.3 is 12.2 Å². The third-order valence-corrected chi connectivity index (χ3v) is 7.23. The van der Waals surface area contributed by atoms with E-state index in [-0.39, 0.29) is 17.9 Å². The molecule has 1 aliphatic heterocycles. The van der Waals surface area contributed by atoms with Crippen molar-refractivity contribution in [2.24, 2.45) is 0 Å². The number of nitrogens with zero attached hydrogens (tertiary/aromatic N) is 2. The predicted octanol–water partition coefficient (Wildman–Crippen LogP) is 7.26. The molecule has 1 heterocycles. The number of carbonyl (C=O) groups excluding carboxylic acids is 4. The fourth-order valence-electron chi connectivity index (χ4n) is 4.80. The SMILES string of the molecule is CN(C(=O)c1ccc(C(=O)Nc2ccc(C3=CCN(C(=O)OC(C)(C)C)CC3)cc2)cc1)c1ccc(CNC(=O)OC(C)(C)C)cc1. The second-order valence-corrected chi connectivity index (χ2v) is 13.4. The van der Waals surface area contributed by atoms with Gasteiger partial charge < -0.3 is 29.9 Å². The summed E-state index contributed by atoms with van der Waals surface area (Å²) in [6, 6.07) is 21.4. The smallest absolute Gasteiger partial charge is 0.410 e. The Kier molecular flexibility index (Phi) is 10.7. The summed E-state index contributed by atoms with van der Waals surface area (Å²) in [6.07, 6.45) is 1.94. The minimum absolute atomic E-state index is 0.224. The first kappa shape index (κ1) is 34.7. The molecule has 4 rings (SSSR count). The van der Waals surface area contributed by atoms with Crippen LogP contribution < -0.4 is 15.5 Å². The fraction of sp³-hybridized carbons (Fsp3) is 0.351. The summed E-state index contributed by atoms with van der Waals surface area (Å²) in [5, 5.41) is 5.62. The number of hydrogen-bond donors (Lipinski definition) is 2. The third kappa shape index (κ3) is 10.2. The highest BCUT2D eigenvalue weighted by Gasteiger charge is 2.24. The maximum absolute atomic E-state index is 13.1. The van der Waals surface area contributed by atoms with Gasteiger partial charge in [0.1, 0.15) is 11.2 Å². The van der Waals surface area contributed by atoms with Crippen molar-refractivity contribution in [2.75, 3.05) is 30.4 Å². The molecule has 0 spiro atoms. The van der Waals surface area contributed by atoms with Crippen LogP contribution in [0, 0.1) is 0 Å². The molecule has 0 aliphatic carbocycles. The van der Waals surface area contributed by atoms with Crippen molar-refractivity contribution in [3.63, 3.8) is 0 Å². The molecule has 0 aromatic heterocycles. The van der Waals surface area contributed by atoms with Gasteiger partial charge in [0.05, 0.1) is 0 Å². The summed E-state index contributed by atoms with van der Waals surface area (Å²) >= 11 is 0. The number of ether oxygens (including phenoxy) is 2. The molecule has 248 valence electrons. The van der Waals surface area contributed by atoms with Crippen LogP contribution in [-0.4, -0.2) is 60.2 Å². The lowest BCUT2D eigenvalue weighted by Gasteiger charge is -2.29. The van der Waals surface area contributed by atoms with E-state index < -0.39 is 17.3 Å². The fourth-order valence-corrected chi connectivity index (χ4v) is 4.80. The van der Waals surface area contributed by atoms with Crippen LogP contribution >= 0.6 is 0 Å². The highest BCUT2D eigenvalue weighted by Crippen LogP contribution is 2.25. The highest BCUT2D eigenvalue weighted by atomic mass is 16.6. The zero-order chi connectivity index (χ0) is 34.4. The summed E-state index contributed by atoms with van der Waals surface area (Å²) in [5.74, 6) is -0.510. The van der Waals surface area contributed by atoms with Crippen molar-refractivity contribution in [3.8, 4) is 0 Å². The lowest BCUT2D eigenvalue weighted by Crippen LogP contribution is -2.39. The summed E-state index contributed by atoms with van der Waals surface area (Å²) in [5.41, 5.74) is 4.13. The van der Waals surface area contributed by atoms with Gasteiger partial charge in [-0.15, -0.1) is 0 Å². The Bertz CT molecular complexity index is 1620. The first-order valence-electron chi connectivity index (χ1n) is 15.6. The van der Waals surface area contributed by atoms with E-state index in [2.05, 4.69) is 10.6 Å². The minimum Gasteiger partial charge on any atom is -0.444 e. The molecule has 3 aromatic carbocycles. The van der Waals surface area contributed by atoms with Crippen molar-refractivity contribution < 1.29 is 28.7 Å². The largest absolute Gasteiger partial charge is 0.444 e. The average molecular weight is 641 g/mol. The van der Waals surface area contributed by atoms with E-state index in [0.29, 0.717) is 48.6 Å². The number of alkyl carbamates (subject to hydrolysis) is 1. The van der Waals surface area contributed by atoms with Gasteiger partial charge in [-0.2, -0.15) is 0 Å². The Labute approximate surface area is 276 Å². The molecule has 0 atom stereocenters. The van der Waals surface area contributed by atoms with Crippen LogP contribution in [0.1, 0.15) is 79.8 Å². The number of nitrogens with one attached hydrogen (secondary N) is 2. The summed E-state index contributed by atoms with van der Waals surface area (Å²) in [7, 11) is 1.68. The number of hydrogen-bond acceptors (Lipinski definition) is 6. The molecular weight excluding hydrogens is 596 g/mol. The summed E-state index contributed by atoms with van der Waals surface area (Å²) in [6.45, 7) is 12.3. The molecular formula is C37H44N4O6. The number of anilines is 2. The lowest BCUT2D eigenvalue weighted by atomic mass is 9.99. The second kappa shape index (κ2) is 14.5. The van der Waals surface area contributed by atoms with Crippen LogP contribution in [-0.2, 0) is 16.0 Å². The van der Waals surface area contributed by atoms with E-state index in [0.717, 1.165) is 16.7 Å². The Balaban J connectivity index is 1.28. The maximum atomic E-state index is 13.1. The molecule has 1 aliphatic rings. The van der Waals surface area contributed by atoms with E-state index in [1.54, 1.807) is 69.1 Å². The standard InChI is InChI=1S/C37H44N4O6/c1-36(2,3)46-34(44)38-24-25-8-18-31(19-9-25)40(7)33(43)29-12-10-28(11-13-29)32(42)39-30-16-14-26(15-17-30)27-20-22-41(23-21-27)35(45)47-37(4,5)6/h8-20H,21-24H2,1-7H3,(H,38,44)(H,39,42). The van der Waals surface area contributed by atoms with Gasteiger partial charge in [-0.3, -0.25) is 9.59 Å². The molecule has 3 aromatic rings. The van der Waals surface area contributed by atoms with Gasteiger partial charge in [-0.25, -0.2) is 9.59 Å². The molecule has 0 radical (unpaired) electrons. The Morgan fingerprint density at radius 2 is 1.38 bits per heavy atom. The zero-order valence-corrected chi connectivity index (χ0v) is 28.2. The maximum Gasteiger partial charge on any atom is 0.410 e. The third-order valence-electron chi connectivity index (χ3n) is 7.23. The molecule has 0 unspecified atom stereocenters.